The Labute approximate surface area is 113 Å². The van der Waals surface area contributed by atoms with Gasteiger partial charge in [0.05, 0.1) is 0 Å². The Hall–Kier alpha value is -1.34. The number of nitrogens with two attached hydrogens (primary N) is 1. The van der Waals surface area contributed by atoms with E-state index in [-0.39, 0.29) is 5.25 Å². The molecule has 0 bridgehead atoms. The predicted octanol–water partition coefficient (Wildman–Crippen LogP) is 1.35. The monoisotopic (exact) mass is 286 g/mol. The molecule has 0 aliphatic rings. The molecule has 1 aromatic rings. The summed E-state index contributed by atoms with van der Waals surface area (Å²) >= 11 is 0. The Morgan fingerprint density at radius 2 is 2.06 bits per heavy atom. The lowest BCUT2D eigenvalue weighted by Crippen LogP contribution is -2.31. The number of hydrogen-bond donors (Lipinski definition) is 2. The molecule has 0 saturated heterocycles. The highest BCUT2D eigenvalue weighted by Gasteiger charge is 2.10. The summed E-state index contributed by atoms with van der Waals surface area (Å²) in [4.78, 5) is 21.3. The van der Waals surface area contributed by atoms with Crippen LogP contribution in [0.25, 0.3) is 0 Å². The van der Waals surface area contributed by atoms with Crippen LogP contribution in [0.15, 0.2) is 30.3 Å². The van der Waals surface area contributed by atoms with Gasteiger partial charge in [0.15, 0.2) is 0 Å². The van der Waals surface area contributed by atoms with Crippen molar-refractivity contribution in [2.75, 3.05) is 6.61 Å². The molecule has 98 valence electrons. The zero-order valence-electron chi connectivity index (χ0n) is 9.79. The van der Waals surface area contributed by atoms with E-state index in [0.717, 1.165) is 16.7 Å². The first-order chi connectivity index (χ1) is 8.59. The van der Waals surface area contributed by atoms with Gasteiger partial charge in [-0.2, -0.15) is 0 Å². The van der Waals surface area contributed by atoms with E-state index in [0.29, 0.717) is 6.61 Å². The maximum absolute atomic E-state index is 10.9. The molecule has 1 aromatic carbocycles. The Morgan fingerprint density at radius 3 is 2.67 bits per heavy atom. The van der Waals surface area contributed by atoms with Gasteiger partial charge in [-0.3, -0.25) is 14.3 Å². The third-order valence-electron chi connectivity index (χ3n) is 1.80. The molecule has 7 heteroatoms. The highest BCUT2D eigenvalue weighted by molar-refractivity contribution is 8.76. The van der Waals surface area contributed by atoms with Crippen LogP contribution in [0.3, 0.4) is 0 Å². The second kappa shape index (κ2) is 7.88. The molecule has 0 radical (unpaired) electrons. The van der Waals surface area contributed by atoms with Crippen molar-refractivity contribution < 1.29 is 14.3 Å². The van der Waals surface area contributed by atoms with Gasteiger partial charge in [-0.1, -0.05) is 29.0 Å². The van der Waals surface area contributed by atoms with Crippen molar-refractivity contribution >= 4 is 33.6 Å². The zero-order valence-corrected chi connectivity index (χ0v) is 11.4. The van der Waals surface area contributed by atoms with Gasteiger partial charge in [0.2, 0.25) is 0 Å². The van der Waals surface area contributed by atoms with Gasteiger partial charge in [-0.05, 0) is 19.1 Å². The number of para-hydroxylation sites is 1. The van der Waals surface area contributed by atoms with Crippen molar-refractivity contribution in [1.29, 1.82) is 0 Å². The molecule has 0 saturated carbocycles. The smallest absolute Gasteiger partial charge is 0.319 e. The molecule has 0 aliphatic carbocycles. The standard InChI is InChI=1S/C11H14N2O3S2/c1-8(17-18-13-11(15)10(12)14)7-16-9-5-3-2-4-6-9/h2-6,8H,7H2,1H3,(H2,12,14)(H,13,15). The van der Waals surface area contributed by atoms with Crippen molar-refractivity contribution in [2.45, 2.75) is 12.2 Å². The van der Waals surface area contributed by atoms with Crippen LogP contribution in [0.1, 0.15) is 6.92 Å². The average Bonchev–Trinajstić information content (AvgIpc) is 2.37. The number of nitrogens with one attached hydrogen (secondary N) is 1. The number of ether oxygens (including phenoxy) is 1. The summed E-state index contributed by atoms with van der Waals surface area (Å²) in [7, 11) is 2.46. The molecule has 18 heavy (non-hydrogen) atoms. The fraction of sp³-hybridized carbons (Fsp3) is 0.273. The van der Waals surface area contributed by atoms with Crippen molar-refractivity contribution in [3.8, 4) is 5.75 Å². The second-order valence-electron chi connectivity index (χ2n) is 3.41. The van der Waals surface area contributed by atoms with E-state index in [2.05, 4.69) is 4.72 Å². The van der Waals surface area contributed by atoms with Crippen LogP contribution < -0.4 is 15.2 Å². The maximum atomic E-state index is 10.9. The van der Waals surface area contributed by atoms with E-state index in [1.807, 2.05) is 37.3 Å². The van der Waals surface area contributed by atoms with Crippen LogP contribution in [-0.2, 0) is 9.59 Å². The maximum Gasteiger partial charge on any atom is 0.319 e. The molecular formula is C11H14N2O3S2. The summed E-state index contributed by atoms with van der Waals surface area (Å²) in [5, 5.41) is 0.156. The Kier molecular flexibility index (Phi) is 6.45. The Bertz CT molecular complexity index is 401. The van der Waals surface area contributed by atoms with E-state index < -0.39 is 11.8 Å². The highest BCUT2D eigenvalue weighted by atomic mass is 33.1. The normalized spacial score (nSPS) is 11.6. The van der Waals surface area contributed by atoms with Crippen LogP contribution in [0.4, 0.5) is 0 Å². The number of carbonyl (C=O) groups excluding carboxylic acids is 2. The lowest BCUT2D eigenvalue weighted by molar-refractivity contribution is -0.136. The van der Waals surface area contributed by atoms with Gasteiger partial charge in [0, 0.05) is 16.2 Å². The predicted molar refractivity (Wildman–Crippen MR) is 73.9 cm³/mol. The number of hydrogen-bond acceptors (Lipinski definition) is 5. The van der Waals surface area contributed by atoms with Crippen molar-refractivity contribution in [2.24, 2.45) is 5.73 Å². The molecule has 3 N–H and O–H groups in total. The molecule has 1 unspecified atom stereocenters. The first-order valence-corrected chi connectivity index (χ1v) is 7.41. The minimum Gasteiger partial charge on any atom is -0.492 e. The minimum atomic E-state index is -0.990. The van der Waals surface area contributed by atoms with Crippen molar-refractivity contribution in [3.05, 3.63) is 30.3 Å². The third-order valence-corrected chi connectivity index (χ3v) is 4.15. The van der Waals surface area contributed by atoms with E-state index in [4.69, 9.17) is 10.5 Å². The SMILES string of the molecule is CC(COc1ccccc1)SSNC(=O)C(N)=O. The second-order valence-corrected chi connectivity index (χ2v) is 5.85. The summed E-state index contributed by atoms with van der Waals surface area (Å²) in [6.07, 6.45) is 0. The fourth-order valence-corrected chi connectivity index (χ4v) is 2.50. The van der Waals surface area contributed by atoms with Gasteiger partial charge < -0.3 is 10.5 Å². The largest absolute Gasteiger partial charge is 0.492 e. The molecule has 5 nitrogen and oxygen atoms in total. The number of amides is 2. The molecule has 1 rings (SSSR count). The third kappa shape index (κ3) is 5.83. The van der Waals surface area contributed by atoms with Crippen LogP contribution in [0.2, 0.25) is 0 Å². The summed E-state index contributed by atoms with van der Waals surface area (Å²) in [6.45, 7) is 2.46. The average molecular weight is 286 g/mol. The molecule has 0 aliphatic heterocycles. The van der Waals surface area contributed by atoms with E-state index >= 15 is 0 Å². The molecule has 0 fully saturated rings. The van der Waals surface area contributed by atoms with Crippen molar-refractivity contribution in [1.82, 2.24) is 4.72 Å². The van der Waals surface area contributed by atoms with Crippen LogP contribution in [-0.4, -0.2) is 23.7 Å². The highest BCUT2D eigenvalue weighted by Crippen LogP contribution is 2.24. The van der Waals surface area contributed by atoms with E-state index in [9.17, 15) is 9.59 Å². The molecule has 0 spiro atoms. The molecule has 1 atom stereocenters. The number of rotatable bonds is 6. The van der Waals surface area contributed by atoms with Gasteiger partial charge in [0.25, 0.3) is 0 Å². The summed E-state index contributed by atoms with van der Waals surface area (Å²) < 4.78 is 7.86. The van der Waals surface area contributed by atoms with Gasteiger partial charge in [-0.15, -0.1) is 0 Å². The van der Waals surface area contributed by atoms with Gasteiger partial charge >= 0.3 is 11.8 Å². The van der Waals surface area contributed by atoms with Crippen LogP contribution in [0.5, 0.6) is 5.75 Å². The van der Waals surface area contributed by atoms with Gasteiger partial charge in [0.1, 0.15) is 12.4 Å². The summed E-state index contributed by atoms with van der Waals surface area (Å²) in [5.74, 6) is -0.990. The minimum absolute atomic E-state index is 0.156. The Morgan fingerprint density at radius 1 is 1.39 bits per heavy atom. The van der Waals surface area contributed by atoms with E-state index in [1.54, 1.807) is 0 Å². The Balaban J connectivity index is 2.16. The number of primary amides is 1. The first-order valence-electron chi connectivity index (χ1n) is 5.19. The molecule has 2 amide bonds. The first kappa shape index (κ1) is 14.7. The van der Waals surface area contributed by atoms with Gasteiger partial charge in [-0.25, -0.2) is 0 Å². The lowest BCUT2D eigenvalue weighted by atomic mass is 10.3. The number of carbonyl (C=O) groups is 2. The topological polar surface area (TPSA) is 81.4 Å². The summed E-state index contributed by atoms with van der Waals surface area (Å²) in [5.41, 5.74) is 4.79. The fourth-order valence-electron chi connectivity index (χ4n) is 0.952. The molecular weight excluding hydrogens is 272 g/mol. The quantitative estimate of drug-likeness (QED) is 0.469. The van der Waals surface area contributed by atoms with E-state index in [1.165, 1.54) is 10.8 Å². The summed E-state index contributed by atoms with van der Waals surface area (Å²) in [6, 6.07) is 9.46. The lowest BCUT2D eigenvalue weighted by Gasteiger charge is -2.11. The number of benzene rings is 1. The molecule has 0 heterocycles. The zero-order chi connectivity index (χ0) is 13.4. The van der Waals surface area contributed by atoms with Crippen LogP contribution in [0, 0.1) is 0 Å². The molecule has 0 aromatic heterocycles. The van der Waals surface area contributed by atoms with Crippen molar-refractivity contribution in [3.63, 3.8) is 0 Å². The van der Waals surface area contributed by atoms with Crippen LogP contribution >= 0.6 is 21.8 Å².